The molecule has 0 spiro atoms. The van der Waals surface area contributed by atoms with E-state index in [0.717, 1.165) is 12.2 Å². The van der Waals surface area contributed by atoms with Crippen molar-refractivity contribution in [3.05, 3.63) is 72.2 Å². The lowest BCUT2D eigenvalue weighted by molar-refractivity contribution is -0.116. The van der Waals surface area contributed by atoms with Crippen LogP contribution in [0.3, 0.4) is 0 Å². The van der Waals surface area contributed by atoms with E-state index in [1.165, 1.54) is 11.1 Å². The molecule has 1 aliphatic rings. The van der Waals surface area contributed by atoms with E-state index in [1.807, 2.05) is 30.5 Å². The summed E-state index contributed by atoms with van der Waals surface area (Å²) in [5.74, 6) is 0.493. The predicted octanol–water partition coefficient (Wildman–Crippen LogP) is 2.44. The molecule has 4 rings (SSSR count). The van der Waals surface area contributed by atoms with E-state index in [-0.39, 0.29) is 11.9 Å². The minimum Gasteiger partial charge on any atom is -0.309 e. The molecule has 1 unspecified atom stereocenters. The van der Waals surface area contributed by atoms with Crippen LogP contribution in [-0.4, -0.2) is 20.7 Å². The summed E-state index contributed by atoms with van der Waals surface area (Å²) in [5.41, 5.74) is 3.36. The molecule has 120 valence electrons. The summed E-state index contributed by atoms with van der Waals surface area (Å²) in [6.07, 6.45) is 5.62. The maximum atomic E-state index is 12.3. The fourth-order valence-electron chi connectivity index (χ4n) is 2.97. The number of aromatic nitrogens is 3. The van der Waals surface area contributed by atoms with E-state index in [0.29, 0.717) is 12.2 Å². The van der Waals surface area contributed by atoms with E-state index in [1.54, 1.807) is 23.1 Å². The quantitative estimate of drug-likeness (QED) is 0.775. The first-order chi connectivity index (χ1) is 11.8. The number of anilines is 1. The third-order valence-electron chi connectivity index (χ3n) is 4.14. The van der Waals surface area contributed by atoms with Crippen LogP contribution >= 0.6 is 0 Å². The molecule has 1 atom stereocenters. The van der Waals surface area contributed by atoms with Crippen LogP contribution in [0.5, 0.6) is 0 Å². The van der Waals surface area contributed by atoms with Gasteiger partial charge in [0.1, 0.15) is 0 Å². The van der Waals surface area contributed by atoms with Crippen LogP contribution in [0.4, 0.5) is 5.82 Å². The molecule has 3 aromatic rings. The molecule has 1 aromatic carbocycles. The van der Waals surface area contributed by atoms with Crippen LogP contribution in [-0.2, 0) is 11.3 Å². The van der Waals surface area contributed by atoms with Crippen molar-refractivity contribution in [1.82, 2.24) is 20.1 Å². The number of rotatable bonds is 4. The average Bonchev–Trinajstić information content (AvgIpc) is 3.23. The van der Waals surface area contributed by atoms with Crippen LogP contribution in [0.1, 0.15) is 23.6 Å². The molecule has 1 amide bonds. The first kappa shape index (κ1) is 14.6. The van der Waals surface area contributed by atoms with Gasteiger partial charge < -0.3 is 10.6 Å². The minimum atomic E-state index is -0.0517. The maximum Gasteiger partial charge on any atom is 0.227 e. The highest BCUT2D eigenvalue weighted by molar-refractivity contribution is 5.90. The number of hydrogen-bond acceptors (Lipinski definition) is 4. The first-order valence-electron chi connectivity index (χ1n) is 7.87. The van der Waals surface area contributed by atoms with Crippen LogP contribution in [0.2, 0.25) is 0 Å². The molecule has 0 bridgehead atoms. The van der Waals surface area contributed by atoms with Gasteiger partial charge >= 0.3 is 0 Å². The Morgan fingerprint density at radius 2 is 2.04 bits per heavy atom. The highest BCUT2D eigenvalue weighted by Crippen LogP contribution is 2.27. The Kier molecular flexibility index (Phi) is 3.80. The second-order valence-electron chi connectivity index (χ2n) is 5.74. The second-order valence-corrected chi connectivity index (χ2v) is 5.74. The van der Waals surface area contributed by atoms with Gasteiger partial charge in [-0.3, -0.25) is 9.78 Å². The fraction of sp³-hybridized carbons (Fsp3) is 0.167. The van der Waals surface area contributed by atoms with E-state index >= 15 is 0 Å². The van der Waals surface area contributed by atoms with Crippen LogP contribution in [0.15, 0.2) is 61.1 Å². The molecule has 3 heterocycles. The van der Waals surface area contributed by atoms with E-state index in [9.17, 15) is 4.79 Å². The number of carbonyl (C=O) groups is 1. The van der Waals surface area contributed by atoms with E-state index in [2.05, 4.69) is 32.8 Å². The van der Waals surface area contributed by atoms with E-state index < -0.39 is 0 Å². The molecule has 2 N–H and O–H groups in total. The summed E-state index contributed by atoms with van der Waals surface area (Å²) in [5, 5.41) is 10.6. The Labute approximate surface area is 139 Å². The van der Waals surface area contributed by atoms with Gasteiger partial charge in [-0.25, -0.2) is 4.68 Å². The number of nitrogens with zero attached hydrogens (tertiary/aromatic N) is 3. The normalized spacial score (nSPS) is 15.9. The number of nitrogens with one attached hydrogen (secondary N) is 2. The number of carbonyl (C=O) groups excluding carboxylic acids is 1. The van der Waals surface area contributed by atoms with Crippen LogP contribution in [0.25, 0.3) is 5.69 Å². The van der Waals surface area contributed by atoms with Crippen molar-refractivity contribution in [3.63, 3.8) is 0 Å². The van der Waals surface area contributed by atoms with Crippen molar-refractivity contribution in [2.24, 2.45) is 0 Å². The van der Waals surface area contributed by atoms with Crippen molar-refractivity contribution >= 4 is 11.7 Å². The molecule has 0 fully saturated rings. The number of fused-ring (bicyclic) bond motifs is 1. The van der Waals surface area contributed by atoms with Gasteiger partial charge in [-0.05, 0) is 23.3 Å². The van der Waals surface area contributed by atoms with Gasteiger partial charge in [0.05, 0.1) is 5.69 Å². The third kappa shape index (κ3) is 2.91. The molecule has 6 heteroatoms. The third-order valence-corrected chi connectivity index (χ3v) is 4.14. The standard InChI is InChI=1S/C18H17N5O/c24-18(11-16-15-4-2-1-3-13(15)12-20-16)21-17-7-10-23(22-17)14-5-8-19-9-6-14/h1-10,16,20H,11-12H2,(H,21,22,24). The molecular formula is C18H17N5O. The Hall–Kier alpha value is -2.99. The van der Waals surface area contributed by atoms with Gasteiger partial charge in [0, 0.05) is 43.7 Å². The Balaban J connectivity index is 1.42. The lowest BCUT2D eigenvalue weighted by atomic mass is 10.0. The zero-order valence-electron chi connectivity index (χ0n) is 13.0. The van der Waals surface area contributed by atoms with Gasteiger partial charge in [0.15, 0.2) is 5.82 Å². The lowest BCUT2D eigenvalue weighted by Crippen LogP contribution is -2.21. The summed E-state index contributed by atoms with van der Waals surface area (Å²) in [4.78, 5) is 16.3. The molecule has 24 heavy (non-hydrogen) atoms. The highest BCUT2D eigenvalue weighted by atomic mass is 16.1. The average molecular weight is 319 g/mol. The summed E-state index contributed by atoms with van der Waals surface area (Å²) in [6.45, 7) is 0.810. The van der Waals surface area contributed by atoms with Gasteiger partial charge in [-0.2, -0.15) is 5.10 Å². The molecule has 0 saturated carbocycles. The molecule has 6 nitrogen and oxygen atoms in total. The van der Waals surface area contributed by atoms with Crippen LogP contribution < -0.4 is 10.6 Å². The van der Waals surface area contributed by atoms with Crippen molar-refractivity contribution in [1.29, 1.82) is 0 Å². The molecule has 1 aliphatic heterocycles. The van der Waals surface area contributed by atoms with Crippen molar-refractivity contribution in [3.8, 4) is 5.69 Å². The molecular weight excluding hydrogens is 302 g/mol. The minimum absolute atomic E-state index is 0.0517. The Bertz CT molecular complexity index is 859. The molecule has 0 radical (unpaired) electrons. The highest BCUT2D eigenvalue weighted by Gasteiger charge is 2.23. The monoisotopic (exact) mass is 319 g/mol. The number of benzene rings is 1. The zero-order valence-corrected chi connectivity index (χ0v) is 13.0. The zero-order chi connectivity index (χ0) is 16.4. The summed E-state index contributed by atoms with van der Waals surface area (Å²) in [6, 6.07) is 13.8. The fourth-order valence-corrected chi connectivity index (χ4v) is 2.97. The summed E-state index contributed by atoms with van der Waals surface area (Å²) >= 11 is 0. The van der Waals surface area contributed by atoms with Gasteiger partial charge in [0.25, 0.3) is 0 Å². The number of pyridine rings is 1. The SMILES string of the molecule is O=C(CC1NCc2ccccc21)Nc1ccn(-c2ccncc2)n1. The lowest BCUT2D eigenvalue weighted by Gasteiger charge is -2.11. The second kappa shape index (κ2) is 6.25. The predicted molar refractivity (Wildman–Crippen MR) is 90.6 cm³/mol. The summed E-state index contributed by atoms with van der Waals surface area (Å²) in [7, 11) is 0. The van der Waals surface area contributed by atoms with Gasteiger partial charge in [-0.1, -0.05) is 24.3 Å². The topological polar surface area (TPSA) is 71.8 Å². The van der Waals surface area contributed by atoms with E-state index in [4.69, 9.17) is 0 Å². The van der Waals surface area contributed by atoms with Crippen molar-refractivity contribution in [2.75, 3.05) is 5.32 Å². The molecule has 0 saturated heterocycles. The van der Waals surface area contributed by atoms with Crippen molar-refractivity contribution < 1.29 is 4.79 Å². The van der Waals surface area contributed by atoms with Gasteiger partial charge in [0.2, 0.25) is 5.91 Å². The smallest absolute Gasteiger partial charge is 0.227 e. The Morgan fingerprint density at radius 1 is 1.21 bits per heavy atom. The largest absolute Gasteiger partial charge is 0.309 e. The van der Waals surface area contributed by atoms with Crippen molar-refractivity contribution in [2.45, 2.75) is 19.0 Å². The van der Waals surface area contributed by atoms with Gasteiger partial charge in [-0.15, -0.1) is 0 Å². The Morgan fingerprint density at radius 3 is 2.92 bits per heavy atom. The first-order valence-corrected chi connectivity index (χ1v) is 7.87. The molecule has 2 aromatic heterocycles. The number of hydrogen-bond donors (Lipinski definition) is 2. The van der Waals surface area contributed by atoms with Crippen LogP contribution in [0, 0.1) is 0 Å². The molecule has 0 aliphatic carbocycles. The maximum absolute atomic E-state index is 12.3. The number of amides is 1. The summed E-state index contributed by atoms with van der Waals surface area (Å²) < 4.78 is 1.71.